The summed E-state index contributed by atoms with van der Waals surface area (Å²) < 4.78 is 0. The first-order chi connectivity index (χ1) is 18.4. The minimum atomic E-state index is -0.729. The van der Waals surface area contributed by atoms with Gasteiger partial charge in [0.05, 0.1) is 12.2 Å². The lowest BCUT2D eigenvalue weighted by molar-refractivity contribution is -0.757. The maximum absolute atomic E-state index is 12.6. The molecule has 0 aromatic carbocycles. The van der Waals surface area contributed by atoms with Crippen LogP contribution in [0.15, 0.2) is 18.3 Å². The molecule has 1 amide bonds. The third-order valence-electron chi connectivity index (χ3n) is 7.54. The summed E-state index contributed by atoms with van der Waals surface area (Å²) in [5.74, 6) is 0.492. The van der Waals surface area contributed by atoms with Crippen molar-refractivity contribution in [2.24, 2.45) is 0 Å². The van der Waals surface area contributed by atoms with Crippen LogP contribution in [0.3, 0.4) is 0 Å². The molecule has 0 saturated carbocycles. The Bertz CT molecular complexity index is 786. The molecule has 10 heteroatoms. The summed E-state index contributed by atoms with van der Waals surface area (Å²) in [6.45, 7) is 8.95. The van der Waals surface area contributed by atoms with E-state index in [2.05, 4.69) is 33.5 Å². The molecule has 1 saturated heterocycles. The molecule has 2 rings (SSSR count). The van der Waals surface area contributed by atoms with E-state index in [0.29, 0.717) is 18.2 Å². The first-order valence-corrected chi connectivity index (χ1v) is 14.7. The van der Waals surface area contributed by atoms with Crippen molar-refractivity contribution in [2.45, 2.75) is 103 Å². The smallest absolute Gasteiger partial charge is 0.294 e. The van der Waals surface area contributed by atoms with Gasteiger partial charge >= 0.3 is 0 Å². The maximum Gasteiger partial charge on any atom is 0.294 e. The van der Waals surface area contributed by atoms with Crippen LogP contribution in [0.2, 0.25) is 0 Å². The molecule has 1 unspecified atom stereocenters. The predicted octanol–water partition coefficient (Wildman–Crippen LogP) is 5.72. The van der Waals surface area contributed by atoms with Gasteiger partial charge in [-0.2, -0.15) is 0 Å². The molecule has 38 heavy (non-hydrogen) atoms. The van der Waals surface area contributed by atoms with Gasteiger partial charge in [0.25, 0.3) is 11.0 Å². The number of hydrogen-bond donors (Lipinski definition) is 1. The number of piperazine rings is 1. The van der Waals surface area contributed by atoms with E-state index in [9.17, 15) is 20.1 Å². The van der Waals surface area contributed by atoms with E-state index in [1.54, 1.807) is 12.3 Å². The minimum Gasteiger partial charge on any atom is -0.354 e. The number of nitrogens with zero attached hydrogens (tertiary/aromatic N) is 5. The number of carbonyl (C=O) groups is 1. The number of pyridine rings is 1. The van der Waals surface area contributed by atoms with E-state index in [-0.39, 0.29) is 6.61 Å². The van der Waals surface area contributed by atoms with E-state index >= 15 is 0 Å². The molecule has 1 aliphatic heterocycles. The van der Waals surface area contributed by atoms with Gasteiger partial charge < -0.3 is 9.74 Å². The molecule has 1 atom stereocenters. The molecule has 1 aromatic heterocycles. The Morgan fingerprint density at radius 2 is 1.55 bits per heavy atom. The number of hydrogen-bond acceptors (Lipinski definition) is 8. The molecule has 1 N–H and O–H groups in total. The molecule has 1 aromatic rings. The summed E-state index contributed by atoms with van der Waals surface area (Å²) in [5, 5.41) is 20.4. The van der Waals surface area contributed by atoms with Crippen LogP contribution in [0.5, 0.6) is 0 Å². The van der Waals surface area contributed by atoms with Crippen LogP contribution in [0.25, 0.3) is 0 Å². The highest BCUT2D eigenvalue weighted by atomic mass is 16.9. The van der Waals surface area contributed by atoms with Gasteiger partial charge in [-0.1, -0.05) is 71.1 Å². The van der Waals surface area contributed by atoms with Gasteiger partial charge in [-0.05, 0) is 38.3 Å². The van der Waals surface area contributed by atoms with Gasteiger partial charge in [0.1, 0.15) is 5.82 Å². The summed E-state index contributed by atoms with van der Waals surface area (Å²) in [4.78, 5) is 36.2. The molecule has 10 nitrogen and oxygen atoms in total. The van der Waals surface area contributed by atoms with Gasteiger partial charge in [0.15, 0.2) is 0 Å². The van der Waals surface area contributed by atoms with E-state index in [1.807, 2.05) is 6.07 Å². The Morgan fingerprint density at radius 3 is 2.05 bits per heavy atom. The number of anilines is 1. The quantitative estimate of drug-likeness (QED) is 0.0976. The second kappa shape index (κ2) is 18.7. The zero-order valence-electron chi connectivity index (χ0n) is 23.6. The van der Waals surface area contributed by atoms with Gasteiger partial charge in [-0.15, -0.1) is 10.1 Å². The van der Waals surface area contributed by atoms with Crippen molar-refractivity contribution in [3.63, 3.8) is 0 Å². The van der Waals surface area contributed by atoms with Gasteiger partial charge in [-0.3, -0.25) is 14.9 Å². The summed E-state index contributed by atoms with van der Waals surface area (Å²) in [6, 6.07) is 4.25. The molecule has 0 bridgehead atoms. The predicted molar refractivity (Wildman–Crippen MR) is 149 cm³/mol. The number of amides is 1. The fraction of sp³-hybridized carbons (Fsp3) is 0.786. The van der Waals surface area contributed by atoms with Crippen LogP contribution in [-0.2, 0) is 4.84 Å². The minimum absolute atomic E-state index is 0.205. The molecule has 0 spiro atoms. The Balaban J connectivity index is 1.48. The first kappa shape index (κ1) is 31.8. The molecule has 1 aliphatic rings. The van der Waals surface area contributed by atoms with E-state index in [0.717, 1.165) is 82.0 Å². The number of carbonyl (C=O) groups excluding carboxylic acids is 1. The van der Waals surface area contributed by atoms with Crippen molar-refractivity contribution >= 4 is 11.7 Å². The summed E-state index contributed by atoms with van der Waals surface area (Å²) in [5.41, 5.74) is 0.416. The lowest BCUT2D eigenvalue weighted by atomic mass is 10.1. The average Bonchev–Trinajstić information content (AvgIpc) is 2.94. The highest BCUT2D eigenvalue weighted by Gasteiger charge is 2.21. The van der Waals surface area contributed by atoms with Crippen LogP contribution in [0.1, 0.15) is 108 Å². The molecule has 0 radical (unpaired) electrons. The molecule has 2 heterocycles. The van der Waals surface area contributed by atoms with Gasteiger partial charge in [-0.25, -0.2) is 10.0 Å². The fourth-order valence-corrected chi connectivity index (χ4v) is 4.87. The maximum atomic E-state index is 12.6. The number of rotatable bonds is 20. The van der Waals surface area contributed by atoms with Crippen molar-refractivity contribution < 1.29 is 19.9 Å². The number of aromatic nitrogens is 1. The monoisotopic (exact) mass is 535 g/mol. The second-order valence-corrected chi connectivity index (χ2v) is 10.4. The highest BCUT2D eigenvalue weighted by molar-refractivity contribution is 5.93. The van der Waals surface area contributed by atoms with Gasteiger partial charge in [0.2, 0.25) is 0 Å². The molecule has 0 aliphatic carbocycles. The van der Waals surface area contributed by atoms with Crippen molar-refractivity contribution in [3.05, 3.63) is 34.0 Å². The van der Waals surface area contributed by atoms with Crippen LogP contribution in [0.4, 0.5) is 5.82 Å². The molecule has 1 fully saturated rings. The Labute approximate surface area is 228 Å². The molecular formula is C28H49N5O5. The first-order valence-electron chi connectivity index (χ1n) is 14.7. The summed E-state index contributed by atoms with van der Waals surface area (Å²) in [7, 11) is 0. The fourth-order valence-electron chi connectivity index (χ4n) is 4.87. The van der Waals surface area contributed by atoms with E-state index < -0.39 is 11.0 Å². The zero-order valence-corrected chi connectivity index (χ0v) is 23.6. The SMILES string of the molecule is CCC(C)N1CCN(c2ccc(C(=O)N(O)CCCCCCCCCCCCCCO[N+](=O)[O-])cn2)CC1. The Morgan fingerprint density at radius 1 is 1.00 bits per heavy atom. The Kier molecular flexibility index (Phi) is 15.7. The van der Waals surface area contributed by atoms with Crippen LogP contribution in [-0.4, -0.2) is 76.5 Å². The highest BCUT2D eigenvalue weighted by Crippen LogP contribution is 2.17. The van der Waals surface area contributed by atoms with Crippen LogP contribution >= 0.6 is 0 Å². The van der Waals surface area contributed by atoms with Crippen LogP contribution < -0.4 is 4.90 Å². The molecule has 216 valence electrons. The summed E-state index contributed by atoms with van der Waals surface area (Å²) >= 11 is 0. The lowest BCUT2D eigenvalue weighted by Crippen LogP contribution is -2.49. The van der Waals surface area contributed by atoms with Crippen molar-refractivity contribution in [1.29, 1.82) is 0 Å². The summed E-state index contributed by atoms with van der Waals surface area (Å²) in [6.07, 6.45) is 15.7. The van der Waals surface area contributed by atoms with Crippen molar-refractivity contribution in [3.8, 4) is 0 Å². The largest absolute Gasteiger partial charge is 0.354 e. The zero-order chi connectivity index (χ0) is 27.6. The normalized spacial score (nSPS) is 14.9. The van der Waals surface area contributed by atoms with Crippen LogP contribution in [0, 0.1) is 10.1 Å². The molecular weight excluding hydrogens is 486 g/mol. The van der Waals surface area contributed by atoms with E-state index in [1.165, 1.54) is 38.5 Å². The topological polar surface area (TPSA) is 112 Å². The number of unbranched alkanes of at least 4 members (excludes halogenated alkanes) is 11. The average molecular weight is 536 g/mol. The third kappa shape index (κ3) is 12.4. The van der Waals surface area contributed by atoms with E-state index in [4.69, 9.17) is 0 Å². The third-order valence-corrected chi connectivity index (χ3v) is 7.54. The lowest BCUT2D eigenvalue weighted by Gasteiger charge is -2.38. The standard InChI is InChI=1S/C28H49N5O5/c1-3-25(2)30-19-21-31(22-20-30)27-17-16-26(24-29-27)28(34)32(35)18-14-12-10-8-6-4-5-7-9-11-13-15-23-38-33(36)37/h16-17,24-25,35H,3-15,18-23H2,1-2H3. The van der Waals surface area contributed by atoms with Gasteiger partial charge in [0, 0.05) is 45.0 Å². The second-order valence-electron chi connectivity index (χ2n) is 10.4. The number of hydroxylamine groups is 2. The Hall–Kier alpha value is -2.46. The van der Waals surface area contributed by atoms with Crippen molar-refractivity contribution in [1.82, 2.24) is 14.9 Å². The van der Waals surface area contributed by atoms with Crippen molar-refractivity contribution in [2.75, 3.05) is 44.2 Å².